The second-order valence-electron chi connectivity index (χ2n) is 5.60. The molecular formula is C16H18B2I2N2O2P2. The van der Waals surface area contributed by atoms with Gasteiger partial charge in [-0.2, -0.15) is 0 Å². The van der Waals surface area contributed by atoms with Crippen molar-refractivity contribution >= 4 is 80.7 Å². The molecule has 10 heteroatoms. The Balaban J connectivity index is 1.76. The zero-order chi connectivity index (χ0) is 19.1. The van der Waals surface area contributed by atoms with Crippen LogP contribution in [0.15, 0.2) is 36.4 Å². The Morgan fingerprint density at radius 3 is 1.50 bits per heavy atom. The largest absolute Gasteiger partial charge is 0.508 e. The van der Waals surface area contributed by atoms with E-state index in [4.69, 9.17) is 15.1 Å². The second-order valence-corrected chi connectivity index (χ2v) is 14.1. The minimum atomic E-state index is -0.698. The van der Waals surface area contributed by atoms with E-state index < -0.39 is 10.9 Å². The van der Waals surface area contributed by atoms with Crippen LogP contribution in [0.3, 0.4) is 0 Å². The fraction of sp³-hybridized carbons (Fsp3) is 0.250. The summed E-state index contributed by atoms with van der Waals surface area (Å²) in [4.78, 5) is 0. The van der Waals surface area contributed by atoms with Crippen LogP contribution in [0.25, 0.3) is 0 Å². The van der Waals surface area contributed by atoms with Gasteiger partial charge in [0.25, 0.3) is 0 Å². The van der Waals surface area contributed by atoms with Crippen molar-refractivity contribution < 1.29 is 10.2 Å². The van der Waals surface area contributed by atoms with Gasteiger partial charge in [-0.3, -0.25) is 0 Å². The van der Waals surface area contributed by atoms with Gasteiger partial charge in [0.2, 0.25) is 0 Å². The van der Waals surface area contributed by atoms with Crippen LogP contribution in [0.1, 0.15) is 11.1 Å². The summed E-state index contributed by atoms with van der Waals surface area (Å²) in [6.07, 6.45) is 0. The van der Waals surface area contributed by atoms with Gasteiger partial charge in [-0.05, 0) is 34.9 Å². The second kappa shape index (κ2) is 11.4. The first-order valence-electron chi connectivity index (χ1n) is 7.85. The van der Waals surface area contributed by atoms with Crippen LogP contribution in [0.2, 0.25) is 0 Å². The Hall–Kier alpha value is 0.410. The summed E-state index contributed by atoms with van der Waals surface area (Å²) in [7, 11) is 11.9. The lowest BCUT2D eigenvalue weighted by atomic mass is 10.2. The fourth-order valence-corrected chi connectivity index (χ4v) is 5.11. The lowest BCUT2D eigenvalue weighted by Crippen LogP contribution is -2.27. The molecule has 4 N–H and O–H groups in total. The van der Waals surface area contributed by atoms with Crippen LogP contribution in [0, 0.1) is 0 Å². The summed E-state index contributed by atoms with van der Waals surface area (Å²) < 4.78 is 0. The Morgan fingerprint density at radius 2 is 1.15 bits per heavy atom. The maximum atomic E-state index is 9.94. The molecule has 2 unspecified atom stereocenters. The van der Waals surface area contributed by atoms with E-state index >= 15 is 0 Å². The number of halogens is 2. The van der Waals surface area contributed by atoms with E-state index in [0.717, 1.165) is 34.8 Å². The van der Waals surface area contributed by atoms with Crippen molar-refractivity contribution in [2.24, 2.45) is 0 Å². The van der Waals surface area contributed by atoms with Crippen LogP contribution in [0.5, 0.6) is 11.5 Å². The zero-order valence-electron chi connectivity index (χ0n) is 14.0. The molecule has 0 saturated carbocycles. The molecule has 0 amide bonds. The maximum Gasteiger partial charge on any atom is 0.129 e. The van der Waals surface area contributed by atoms with Crippen molar-refractivity contribution in [3.63, 3.8) is 0 Å². The molecule has 2 rings (SSSR count). The molecule has 0 heterocycles. The third-order valence-electron chi connectivity index (χ3n) is 3.73. The van der Waals surface area contributed by atoms with Gasteiger partial charge in [-0.25, -0.2) is 0 Å². The van der Waals surface area contributed by atoms with Crippen molar-refractivity contribution in [2.75, 3.05) is 13.1 Å². The van der Waals surface area contributed by atoms with Gasteiger partial charge >= 0.3 is 0 Å². The first-order valence-corrected chi connectivity index (χ1v) is 16.2. The Morgan fingerprint density at radius 1 is 0.769 bits per heavy atom. The number of rotatable bonds is 9. The molecule has 0 aromatic heterocycles. The predicted molar refractivity (Wildman–Crippen MR) is 132 cm³/mol. The molecule has 0 saturated heterocycles. The van der Waals surface area contributed by atoms with Crippen LogP contribution >= 0.6 is 55.0 Å². The van der Waals surface area contributed by atoms with Crippen molar-refractivity contribution in [3.8, 4) is 11.5 Å². The Kier molecular flexibility index (Phi) is 9.97. The number of aromatic hydroxyl groups is 2. The minimum Gasteiger partial charge on any atom is -0.508 e. The van der Waals surface area contributed by atoms with Crippen molar-refractivity contribution in [2.45, 2.75) is 13.1 Å². The number of phenols is 2. The van der Waals surface area contributed by atoms with Gasteiger partial charge in [0.05, 0.1) is 0 Å². The van der Waals surface area contributed by atoms with E-state index in [9.17, 15) is 10.2 Å². The molecule has 0 aliphatic rings. The standard InChI is InChI=1S/C16H18B2I2N2O2P2/c17-25(19)13-1-3-15(23)11(7-13)9-21-5-6-22-10-12-8-14(26(18)20)2-4-16(12)24/h1-4,7-8,21-24H,5-6,9-10H2. The topological polar surface area (TPSA) is 64.5 Å². The minimum absolute atomic E-state index is 0.279. The third-order valence-corrected chi connectivity index (χ3v) is 8.61. The smallest absolute Gasteiger partial charge is 0.129 e. The highest BCUT2D eigenvalue weighted by Gasteiger charge is 2.07. The van der Waals surface area contributed by atoms with Crippen molar-refractivity contribution in [1.82, 2.24) is 10.6 Å². The number of benzene rings is 2. The monoisotopic (exact) mass is 608 g/mol. The first kappa shape index (κ1) is 22.7. The van der Waals surface area contributed by atoms with Gasteiger partial charge in [-0.15, -0.1) is 0 Å². The summed E-state index contributed by atoms with van der Waals surface area (Å²) in [6, 6.07) is 11.0. The summed E-state index contributed by atoms with van der Waals surface area (Å²) in [5, 5.41) is 28.6. The summed E-state index contributed by atoms with van der Waals surface area (Å²) in [6.45, 7) is 2.63. The van der Waals surface area contributed by atoms with Crippen LogP contribution in [-0.2, 0) is 13.1 Å². The summed E-state index contributed by atoms with van der Waals surface area (Å²) in [5.41, 5.74) is 0.300. The van der Waals surface area contributed by atoms with Crippen LogP contribution in [-0.4, -0.2) is 38.4 Å². The average Bonchev–Trinajstić information content (AvgIpc) is 2.60. The molecule has 0 fully saturated rings. The SMILES string of the molecule is [B]P(I)c1ccc(O)c(CNCCNCc2cc(P([B])I)ccc2O)c1. The Labute approximate surface area is 185 Å². The van der Waals surface area contributed by atoms with Gasteiger partial charge < -0.3 is 20.8 Å². The van der Waals surface area contributed by atoms with Gasteiger partial charge in [-0.1, -0.05) is 67.1 Å². The molecule has 0 aliphatic heterocycles. The van der Waals surface area contributed by atoms with E-state index in [1.807, 2.05) is 24.3 Å². The molecule has 4 nitrogen and oxygen atoms in total. The molecule has 134 valence electrons. The van der Waals surface area contributed by atoms with E-state index in [0.29, 0.717) is 13.1 Å². The fourth-order valence-electron chi connectivity index (χ4n) is 2.32. The van der Waals surface area contributed by atoms with Crippen LogP contribution in [0.4, 0.5) is 0 Å². The average molecular weight is 608 g/mol. The normalized spacial score (nSPS) is 13.5. The maximum absolute atomic E-state index is 9.94. The Bertz CT molecular complexity index is 678. The highest BCUT2D eigenvalue weighted by Crippen LogP contribution is 2.39. The number of hydrogen-bond acceptors (Lipinski definition) is 4. The molecule has 0 spiro atoms. The molecule has 0 aliphatic carbocycles. The lowest BCUT2D eigenvalue weighted by Gasteiger charge is -2.12. The molecule has 2 atom stereocenters. The van der Waals surface area contributed by atoms with E-state index in [1.165, 1.54) is 0 Å². The molecule has 26 heavy (non-hydrogen) atoms. The van der Waals surface area contributed by atoms with E-state index in [1.54, 1.807) is 12.1 Å². The molecule has 4 radical (unpaired) electrons. The summed E-state index contributed by atoms with van der Waals surface area (Å²) >= 11 is 4.42. The zero-order valence-corrected chi connectivity index (χ0v) is 20.1. The first-order chi connectivity index (χ1) is 12.4. The van der Waals surface area contributed by atoms with Gasteiger partial charge in [0, 0.05) is 37.3 Å². The van der Waals surface area contributed by atoms with Crippen LogP contribution < -0.4 is 21.2 Å². The quantitative estimate of drug-likeness (QED) is 0.153. The molecular weight excluding hydrogens is 590 g/mol. The van der Waals surface area contributed by atoms with Crippen molar-refractivity contribution in [3.05, 3.63) is 47.5 Å². The van der Waals surface area contributed by atoms with E-state index in [2.05, 4.69) is 54.7 Å². The highest BCUT2D eigenvalue weighted by molar-refractivity contribution is 14.2. The number of hydrogen-bond donors (Lipinski definition) is 4. The molecule has 2 aromatic rings. The van der Waals surface area contributed by atoms with Gasteiger partial charge in [0.15, 0.2) is 0 Å². The summed E-state index contributed by atoms with van der Waals surface area (Å²) in [5.74, 6) is 0.558. The van der Waals surface area contributed by atoms with Crippen molar-refractivity contribution in [1.29, 1.82) is 0 Å². The van der Waals surface area contributed by atoms with E-state index in [-0.39, 0.29) is 11.5 Å². The molecule has 0 bridgehead atoms. The highest BCUT2D eigenvalue weighted by atomic mass is 127. The predicted octanol–water partition coefficient (Wildman–Crippen LogP) is 3.06. The lowest BCUT2D eigenvalue weighted by molar-refractivity contribution is 0.461. The number of phenolic OH excluding ortho intramolecular Hbond substituents is 2. The number of nitrogens with one attached hydrogen (secondary N) is 2. The third kappa shape index (κ3) is 7.10. The molecule has 2 aromatic carbocycles. The van der Waals surface area contributed by atoms with Gasteiger partial charge in [0.1, 0.15) is 26.6 Å².